The normalized spacial score (nSPS) is 23.3. The zero-order valence-corrected chi connectivity index (χ0v) is 15.3. The van der Waals surface area contributed by atoms with E-state index in [1.165, 1.54) is 0 Å². The number of hydrogen-bond acceptors (Lipinski definition) is 5. The van der Waals surface area contributed by atoms with E-state index in [4.69, 9.17) is 4.74 Å². The van der Waals surface area contributed by atoms with E-state index >= 15 is 0 Å². The summed E-state index contributed by atoms with van der Waals surface area (Å²) in [5.74, 6) is -0.0943. The average Bonchev–Trinajstić information content (AvgIpc) is 3.15. The summed E-state index contributed by atoms with van der Waals surface area (Å²) in [6.07, 6.45) is 4.63. The number of amides is 2. The molecule has 0 bridgehead atoms. The van der Waals surface area contributed by atoms with Gasteiger partial charge in [-0.25, -0.2) is 14.8 Å². The Labute approximate surface area is 151 Å². The number of likely N-dealkylation sites (N-methyl/N-ethyl adjacent to an activating group) is 1. The number of aromatic nitrogens is 3. The highest BCUT2D eigenvalue weighted by Gasteiger charge is 2.47. The molecule has 1 unspecified atom stereocenters. The Bertz CT molecular complexity index is 877. The lowest BCUT2D eigenvalue weighted by atomic mass is 9.92. The zero-order valence-electron chi connectivity index (χ0n) is 15.3. The van der Waals surface area contributed by atoms with Crippen molar-refractivity contribution in [2.75, 3.05) is 26.7 Å². The fraction of sp³-hybridized carbons (Fsp3) is 0.556. The molecule has 2 fully saturated rings. The molecule has 138 valence electrons. The molecule has 4 heterocycles. The molecule has 0 saturated carbocycles. The van der Waals surface area contributed by atoms with E-state index in [0.717, 1.165) is 18.5 Å². The van der Waals surface area contributed by atoms with Crippen molar-refractivity contribution in [3.8, 4) is 0 Å². The van der Waals surface area contributed by atoms with E-state index in [9.17, 15) is 9.59 Å². The first-order chi connectivity index (χ1) is 12.4. The number of nitrogens with zero attached hydrogens (tertiary/aromatic N) is 5. The van der Waals surface area contributed by atoms with Crippen LogP contribution in [0.2, 0.25) is 0 Å². The second-order valence-electron chi connectivity index (χ2n) is 7.55. The van der Waals surface area contributed by atoms with Gasteiger partial charge in [-0.3, -0.25) is 4.79 Å². The van der Waals surface area contributed by atoms with Crippen LogP contribution in [0.15, 0.2) is 18.6 Å². The number of carbonyl (C=O) groups excluding carboxylic acids is 2. The molecule has 1 spiro atoms. The van der Waals surface area contributed by atoms with Gasteiger partial charge in [0, 0.05) is 25.8 Å². The van der Waals surface area contributed by atoms with Gasteiger partial charge in [0.15, 0.2) is 5.65 Å². The van der Waals surface area contributed by atoms with Crippen LogP contribution in [0.1, 0.15) is 43.1 Å². The summed E-state index contributed by atoms with van der Waals surface area (Å²) in [4.78, 5) is 36.9. The average molecular weight is 357 g/mol. The van der Waals surface area contributed by atoms with Crippen molar-refractivity contribution in [1.29, 1.82) is 0 Å². The van der Waals surface area contributed by atoms with Crippen molar-refractivity contribution in [3.05, 3.63) is 24.2 Å². The summed E-state index contributed by atoms with van der Waals surface area (Å²) in [5, 5.41) is 0. The molecule has 2 aliphatic rings. The third kappa shape index (κ3) is 2.69. The molecule has 2 aromatic rings. The maximum Gasteiger partial charge on any atom is 0.410 e. The fourth-order valence-corrected chi connectivity index (χ4v) is 3.87. The molecule has 8 nitrogen and oxygen atoms in total. The van der Waals surface area contributed by atoms with Gasteiger partial charge in [0.1, 0.15) is 11.1 Å². The lowest BCUT2D eigenvalue weighted by molar-refractivity contribution is -0.00522. The van der Waals surface area contributed by atoms with Crippen LogP contribution < -0.4 is 0 Å². The Morgan fingerprint density at radius 1 is 1.31 bits per heavy atom. The van der Waals surface area contributed by atoms with Gasteiger partial charge >= 0.3 is 6.09 Å². The van der Waals surface area contributed by atoms with E-state index in [2.05, 4.69) is 23.8 Å². The summed E-state index contributed by atoms with van der Waals surface area (Å²) in [7, 11) is 1.72. The summed E-state index contributed by atoms with van der Waals surface area (Å²) < 4.78 is 7.56. The molecule has 26 heavy (non-hydrogen) atoms. The van der Waals surface area contributed by atoms with Gasteiger partial charge in [-0.2, -0.15) is 0 Å². The minimum Gasteiger partial charge on any atom is -0.439 e. The molecular formula is C18H23N5O3. The molecule has 0 N–H and O–H groups in total. The van der Waals surface area contributed by atoms with Gasteiger partial charge in [-0.05, 0) is 32.8 Å². The summed E-state index contributed by atoms with van der Waals surface area (Å²) in [5.41, 5.74) is 1.42. The van der Waals surface area contributed by atoms with Crippen LogP contribution in [0.4, 0.5) is 4.79 Å². The number of fused-ring (bicyclic) bond motifs is 1. The third-order valence-electron chi connectivity index (χ3n) is 5.18. The number of pyridine rings is 1. The smallest absolute Gasteiger partial charge is 0.410 e. The first-order valence-electron chi connectivity index (χ1n) is 8.94. The van der Waals surface area contributed by atoms with Gasteiger partial charge < -0.3 is 19.1 Å². The number of carbonyl (C=O) groups is 2. The summed E-state index contributed by atoms with van der Waals surface area (Å²) in [6, 6.07) is 2.04. The van der Waals surface area contributed by atoms with Gasteiger partial charge in [0.05, 0.1) is 25.0 Å². The topological polar surface area (TPSA) is 80.6 Å². The van der Waals surface area contributed by atoms with Crippen LogP contribution in [0, 0.1) is 0 Å². The Hall–Kier alpha value is -2.64. The van der Waals surface area contributed by atoms with E-state index in [0.29, 0.717) is 30.7 Å². The van der Waals surface area contributed by atoms with E-state index in [1.54, 1.807) is 35.4 Å². The maximum absolute atomic E-state index is 13.0. The predicted octanol–water partition coefficient (Wildman–Crippen LogP) is 2.07. The molecule has 0 aliphatic carbocycles. The minimum absolute atomic E-state index is 0.0943. The number of piperidine rings is 1. The molecule has 2 amide bonds. The number of imidazole rings is 1. The summed E-state index contributed by atoms with van der Waals surface area (Å²) in [6.45, 7) is 5.72. The SMILES string of the molecule is CC(C)n1cnc2cc(C(=O)N3CCCC4(CN(C)C(=O)O4)C3)cnc21. The minimum atomic E-state index is -0.587. The highest BCUT2D eigenvalue weighted by atomic mass is 16.6. The Balaban J connectivity index is 1.57. The van der Waals surface area contributed by atoms with E-state index < -0.39 is 5.60 Å². The highest BCUT2D eigenvalue weighted by molar-refractivity contribution is 5.96. The number of hydrogen-bond donors (Lipinski definition) is 0. The molecule has 2 saturated heterocycles. The quantitative estimate of drug-likeness (QED) is 0.822. The largest absolute Gasteiger partial charge is 0.439 e. The molecule has 0 radical (unpaired) electrons. The van der Waals surface area contributed by atoms with Crippen molar-refractivity contribution < 1.29 is 14.3 Å². The first-order valence-corrected chi connectivity index (χ1v) is 8.94. The second-order valence-corrected chi connectivity index (χ2v) is 7.55. The van der Waals surface area contributed by atoms with Crippen molar-refractivity contribution in [2.45, 2.75) is 38.3 Å². The standard InChI is InChI=1S/C18H23N5O3/c1-12(2)23-11-20-14-7-13(8-19-15(14)23)16(24)22-6-4-5-18(10-22)9-21(3)17(25)26-18/h7-8,11-12H,4-6,9-10H2,1-3H3. The van der Waals surface area contributed by atoms with Crippen LogP contribution in [0.3, 0.4) is 0 Å². The summed E-state index contributed by atoms with van der Waals surface area (Å²) >= 11 is 0. The number of likely N-dealkylation sites (tertiary alicyclic amines) is 1. The fourth-order valence-electron chi connectivity index (χ4n) is 3.87. The van der Waals surface area contributed by atoms with Crippen LogP contribution >= 0.6 is 0 Å². The zero-order chi connectivity index (χ0) is 18.5. The van der Waals surface area contributed by atoms with Crippen LogP contribution in [0.5, 0.6) is 0 Å². The molecule has 1 atom stereocenters. The third-order valence-corrected chi connectivity index (χ3v) is 5.18. The molecular weight excluding hydrogens is 334 g/mol. The van der Waals surface area contributed by atoms with Crippen molar-refractivity contribution >= 4 is 23.2 Å². The molecule has 2 aliphatic heterocycles. The van der Waals surface area contributed by atoms with Crippen molar-refractivity contribution in [2.24, 2.45) is 0 Å². The number of ether oxygens (including phenoxy) is 1. The van der Waals surface area contributed by atoms with Gasteiger partial charge in [0.2, 0.25) is 0 Å². The molecule has 8 heteroatoms. The maximum atomic E-state index is 13.0. The molecule has 4 rings (SSSR count). The van der Waals surface area contributed by atoms with Gasteiger partial charge in [-0.15, -0.1) is 0 Å². The van der Waals surface area contributed by atoms with Gasteiger partial charge in [-0.1, -0.05) is 0 Å². The second kappa shape index (κ2) is 5.96. The van der Waals surface area contributed by atoms with Crippen molar-refractivity contribution in [1.82, 2.24) is 24.3 Å². The van der Waals surface area contributed by atoms with Gasteiger partial charge in [0.25, 0.3) is 5.91 Å². The first kappa shape index (κ1) is 16.8. The Kier molecular flexibility index (Phi) is 3.86. The van der Waals surface area contributed by atoms with Crippen LogP contribution in [-0.4, -0.2) is 68.6 Å². The lowest BCUT2D eigenvalue weighted by Crippen LogP contribution is -2.52. The predicted molar refractivity (Wildman–Crippen MR) is 94.9 cm³/mol. The monoisotopic (exact) mass is 357 g/mol. The molecule has 0 aromatic carbocycles. The van der Waals surface area contributed by atoms with E-state index in [1.807, 2.05) is 4.57 Å². The molecule has 2 aromatic heterocycles. The number of rotatable bonds is 2. The van der Waals surface area contributed by atoms with Crippen LogP contribution in [-0.2, 0) is 4.74 Å². The lowest BCUT2D eigenvalue weighted by Gasteiger charge is -2.38. The highest BCUT2D eigenvalue weighted by Crippen LogP contribution is 2.32. The van der Waals surface area contributed by atoms with Crippen LogP contribution in [0.25, 0.3) is 11.2 Å². The Morgan fingerprint density at radius 2 is 2.12 bits per heavy atom. The Morgan fingerprint density at radius 3 is 2.81 bits per heavy atom. The van der Waals surface area contributed by atoms with E-state index in [-0.39, 0.29) is 18.0 Å². The van der Waals surface area contributed by atoms with Crippen molar-refractivity contribution in [3.63, 3.8) is 0 Å².